The molecule has 4 rings (SSSR count). The lowest BCUT2D eigenvalue weighted by Gasteiger charge is -2.47. The van der Waals surface area contributed by atoms with Crippen molar-refractivity contribution in [1.82, 2.24) is 20.0 Å². The Labute approximate surface area is 158 Å². The second-order valence-electron chi connectivity index (χ2n) is 7.33. The van der Waals surface area contributed by atoms with E-state index in [0.29, 0.717) is 5.69 Å². The summed E-state index contributed by atoms with van der Waals surface area (Å²) in [5.41, 5.74) is 1.38. The Hall–Kier alpha value is -2.83. The van der Waals surface area contributed by atoms with Crippen LogP contribution in [0.4, 0.5) is 4.79 Å². The molecule has 2 aliphatic rings. The van der Waals surface area contributed by atoms with Crippen molar-refractivity contribution in [1.29, 1.82) is 0 Å². The number of piperidine rings is 2. The fourth-order valence-electron chi connectivity index (χ4n) is 4.56. The summed E-state index contributed by atoms with van der Waals surface area (Å²) >= 11 is 0. The third-order valence-electron chi connectivity index (χ3n) is 5.68. The van der Waals surface area contributed by atoms with Gasteiger partial charge in [-0.25, -0.2) is 4.79 Å². The van der Waals surface area contributed by atoms with Crippen molar-refractivity contribution >= 4 is 22.9 Å². The summed E-state index contributed by atoms with van der Waals surface area (Å²) in [6, 6.07) is 7.93. The number of aryl methyl sites for hydroxylation is 1. The molecule has 0 spiro atoms. The van der Waals surface area contributed by atoms with E-state index >= 15 is 0 Å². The standard InChI is InChI=1S/C20H24N4O3/c1-3-27-20(26)24-14-7-6-8-15(24)12-13(11-14)21-19(25)18-16-9-4-5-10-17(16)23(2)22-18/h3-5,9-10,13-15H,1,6-8,11-12H2,2H3,(H,21,25)/t13?,14-,15+. The van der Waals surface area contributed by atoms with Crippen molar-refractivity contribution in [2.24, 2.45) is 7.05 Å². The van der Waals surface area contributed by atoms with Crippen LogP contribution in [0.2, 0.25) is 0 Å². The van der Waals surface area contributed by atoms with Crippen LogP contribution in [0, 0.1) is 0 Å². The van der Waals surface area contributed by atoms with Gasteiger partial charge in [0.05, 0.1) is 11.8 Å². The molecule has 2 fully saturated rings. The molecular formula is C20H24N4O3. The number of carbonyl (C=O) groups excluding carboxylic acids is 2. The molecule has 2 amide bonds. The third kappa shape index (κ3) is 3.18. The maximum Gasteiger partial charge on any atom is 0.415 e. The van der Waals surface area contributed by atoms with E-state index < -0.39 is 0 Å². The van der Waals surface area contributed by atoms with Crippen molar-refractivity contribution in [3.05, 3.63) is 42.8 Å². The van der Waals surface area contributed by atoms with Crippen LogP contribution in [0.25, 0.3) is 10.9 Å². The molecule has 1 aromatic heterocycles. The quantitative estimate of drug-likeness (QED) is 0.845. The number of fused-ring (bicyclic) bond motifs is 3. The molecule has 1 unspecified atom stereocenters. The van der Waals surface area contributed by atoms with Gasteiger partial charge in [0.15, 0.2) is 5.69 Å². The Morgan fingerprint density at radius 3 is 2.67 bits per heavy atom. The zero-order valence-electron chi connectivity index (χ0n) is 15.4. The van der Waals surface area contributed by atoms with Crippen molar-refractivity contribution in [3.63, 3.8) is 0 Å². The number of aromatic nitrogens is 2. The lowest BCUT2D eigenvalue weighted by molar-refractivity contribution is 0.0274. The van der Waals surface area contributed by atoms with E-state index in [1.807, 2.05) is 36.2 Å². The van der Waals surface area contributed by atoms with Crippen molar-refractivity contribution < 1.29 is 14.3 Å². The molecule has 3 atom stereocenters. The number of para-hydroxylation sites is 1. The summed E-state index contributed by atoms with van der Waals surface area (Å²) in [6.45, 7) is 3.47. The Morgan fingerprint density at radius 1 is 1.26 bits per heavy atom. The third-order valence-corrected chi connectivity index (χ3v) is 5.68. The fourth-order valence-corrected chi connectivity index (χ4v) is 4.56. The molecule has 7 heteroatoms. The molecule has 2 saturated heterocycles. The number of amides is 2. The minimum Gasteiger partial charge on any atom is -0.419 e. The molecule has 0 aliphatic carbocycles. The highest BCUT2D eigenvalue weighted by atomic mass is 16.5. The predicted octanol–water partition coefficient (Wildman–Crippen LogP) is 2.97. The van der Waals surface area contributed by atoms with Gasteiger partial charge in [0.25, 0.3) is 5.91 Å². The van der Waals surface area contributed by atoms with E-state index in [4.69, 9.17) is 4.74 Å². The number of hydrogen-bond donors (Lipinski definition) is 1. The number of rotatable bonds is 3. The maximum atomic E-state index is 12.9. The molecule has 2 aromatic rings. The molecule has 142 valence electrons. The second-order valence-corrected chi connectivity index (χ2v) is 7.33. The zero-order chi connectivity index (χ0) is 19.0. The van der Waals surface area contributed by atoms with Gasteiger partial charge in [-0.1, -0.05) is 24.8 Å². The van der Waals surface area contributed by atoms with Crippen LogP contribution < -0.4 is 5.32 Å². The molecule has 2 aliphatic heterocycles. The topological polar surface area (TPSA) is 76.5 Å². The lowest BCUT2D eigenvalue weighted by atomic mass is 9.82. The van der Waals surface area contributed by atoms with Gasteiger partial charge in [-0.2, -0.15) is 5.10 Å². The van der Waals surface area contributed by atoms with Crippen LogP contribution in [0.1, 0.15) is 42.6 Å². The van der Waals surface area contributed by atoms with Crippen LogP contribution in [-0.2, 0) is 11.8 Å². The van der Waals surface area contributed by atoms with Crippen LogP contribution >= 0.6 is 0 Å². The first-order valence-corrected chi connectivity index (χ1v) is 9.41. The molecule has 0 saturated carbocycles. The second kappa shape index (κ2) is 7.06. The minimum absolute atomic E-state index is 0.0290. The van der Waals surface area contributed by atoms with Crippen molar-refractivity contribution in [3.8, 4) is 0 Å². The summed E-state index contributed by atoms with van der Waals surface area (Å²) < 4.78 is 6.73. The van der Waals surface area contributed by atoms with Gasteiger partial charge in [-0.3, -0.25) is 9.48 Å². The summed E-state index contributed by atoms with van der Waals surface area (Å²) in [4.78, 5) is 27.0. The van der Waals surface area contributed by atoms with Crippen LogP contribution in [0.5, 0.6) is 0 Å². The Balaban J connectivity index is 1.50. The SMILES string of the molecule is C=COC(=O)N1[C@@H]2CCC[C@H]1CC(NC(=O)c1nn(C)c3ccccc13)C2. The Kier molecular flexibility index (Phi) is 4.59. The molecule has 2 bridgehead atoms. The number of nitrogens with one attached hydrogen (secondary N) is 1. The van der Waals surface area contributed by atoms with E-state index in [1.54, 1.807) is 4.68 Å². The average molecular weight is 368 g/mol. The lowest BCUT2D eigenvalue weighted by Crippen LogP contribution is -2.58. The Morgan fingerprint density at radius 2 is 1.96 bits per heavy atom. The number of hydrogen-bond acceptors (Lipinski definition) is 4. The van der Waals surface area contributed by atoms with Gasteiger partial charge in [-0.05, 0) is 38.2 Å². The molecule has 0 radical (unpaired) electrons. The smallest absolute Gasteiger partial charge is 0.415 e. The normalized spacial score (nSPS) is 24.5. The monoisotopic (exact) mass is 368 g/mol. The maximum absolute atomic E-state index is 12.9. The molecular weight excluding hydrogens is 344 g/mol. The number of benzene rings is 1. The van der Waals surface area contributed by atoms with Gasteiger partial charge in [0, 0.05) is 30.6 Å². The predicted molar refractivity (Wildman–Crippen MR) is 101 cm³/mol. The molecule has 27 heavy (non-hydrogen) atoms. The number of ether oxygens (including phenoxy) is 1. The number of carbonyl (C=O) groups is 2. The average Bonchev–Trinajstić information content (AvgIpc) is 2.98. The first kappa shape index (κ1) is 17.6. The van der Waals surface area contributed by atoms with Gasteiger partial charge < -0.3 is 15.0 Å². The van der Waals surface area contributed by atoms with Gasteiger partial charge >= 0.3 is 6.09 Å². The summed E-state index contributed by atoms with van der Waals surface area (Å²) in [5, 5.41) is 8.40. The van der Waals surface area contributed by atoms with Crippen molar-refractivity contribution in [2.45, 2.75) is 50.2 Å². The van der Waals surface area contributed by atoms with Crippen molar-refractivity contribution in [2.75, 3.05) is 0 Å². The largest absolute Gasteiger partial charge is 0.419 e. The summed E-state index contributed by atoms with van der Waals surface area (Å²) in [7, 11) is 1.84. The number of nitrogens with zero attached hydrogens (tertiary/aromatic N) is 3. The summed E-state index contributed by atoms with van der Waals surface area (Å²) in [6.07, 6.45) is 5.28. The first-order chi connectivity index (χ1) is 13.1. The van der Waals surface area contributed by atoms with Crippen LogP contribution in [0.3, 0.4) is 0 Å². The van der Waals surface area contributed by atoms with Crippen LogP contribution in [-0.4, -0.2) is 44.8 Å². The van der Waals surface area contributed by atoms with E-state index in [2.05, 4.69) is 17.0 Å². The van der Waals surface area contributed by atoms with Crippen LogP contribution in [0.15, 0.2) is 37.1 Å². The van der Waals surface area contributed by atoms with Gasteiger partial charge in [0.1, 0.15) is 0 Å². The minimum atomic E-state index is -0.333. The van der Waals surface area contributed by atoms with E-state index in [0.717, 1.165) is 43.0 Å². The first-order valence-electron chi connectivity index (χ1n) is 9.41. The van der Waals surface area contributed by atoms with E-state index in [9.17, 15) is 9.59 Å². The zero-order valence-corrected chi connectivity index (χ0v) is 15.4. The van der Waals surface area contributed by atoms with Gasteiger partial charge in [-0.15, -0.1) is 0 Å². The molecule has 3 heterocycles. The fraction of sp³-hybridized carbons (Fsp3) is 0.450. The molecule has 7 nitrogen and oxygen atoms in total. The highest BCUT2D eigenvalue weighted by Gasteiger charge is 2.42. The highest BCUT2D eigenvalue weighted by molar-refractivity contribution is 6.04. The van der Waals surface area contributed by atoms with E-state index in [-0.39, 0.29) is 30.1 Å². The van der Waals surface area contributed by atoms with E-state index in [1.165, 1.54) is 6.26 Å². The molecule has 1 N–H and O–H groups in total. The van der Waals surface area contributed by atoms with Gasteiger partial charge in [0.2, 0.25) is 0 Å². The highest BCUT2D eigenvalue weighted by Crippen LogP contribution is 2.34. The Bertz CT molecular complexity index is 876. The molecule has 1 aromatic carbocycles. The summed E-state index contributed by atoms with van der Waals surface area (Å²) in [5.74, 6) is -0.156.